The molecule has 1 aliphatic heterocycles. The first kappa shape index (κ1) is 8.78. The van der Waals surface area contributed by atoms with Crippen molar-refractivity contribution >= 4 is 5.69 Å². The SMILES string of the molecule is C=CN1c2ccccc2C2C=CCCC21. The van der Waals surface area contributed by atoms with Crippen LogP contribution < -0.4 is 4.90 Å². The molecule has 1 aromatic carbocycles. The molecule has 76 valence electrons. The van der Waals surface area contributed by atoms with Gasteiger partial charge in [0, 0.05) is 17.6 Å². The first-order valence-corrected chi connectivity index (χ1v) is 5.58. The molecule has 0 bridgehead atoms. The van der Waals surface area contributed by atoms with Gasteiger partial charge < -0.3 is 4.90 Å². The summed E-state index contributed by atoms with van der Waals surface area (Å²) >= 11 is 0. The number of hydrogen-bond acceptors (Lipinski definition) is 1. The lowest BCUT2D eigenvalue weighted by molar-refractivity contribution is 0.563. The van der Waals surface area contributed by atoms with Crippen molar-refractivity contribution in [3.8, 4) is 0 Å². The quantitative estimate of drug-likeness (QED) is 0.623. The summed E-state index contributed by atoms with van der Waals surface area (Å²) in [7, 11) is 0. The summed E-state index contributed by atoms with van der Waals surface area (Å²) in [5.41, 5.74) is 2.80. The molecule has 0 N–H and O–H groups in total. The topological polar surface area (TPSA) is 3.24 Å². The third kappa shape index (κ3) is 1.16. The molecule has 0 radical (unpaired) electrons. The van der Waals surface area contributed by atoms with Gasteiger partial charge in [0.2, 0.25) is 0 Å². The Kier molecular flexibility index (Phi) is 1.91. The highest BCUT2D eigenvalue weighted by molar-refractivity contribution is 5.65. The van der Waals surface area contributed by atoms with Crippen LogP contribution in [-0.2, 0) is 0 Å². The Balaban J connectivity index is 2.14. The van der Waals surface area contributed by atoms with Crippen LogP contribution in [-0.4, -0.2) is 6.04 Å². The van der Waals surface area contributed by atoms with Crippen molar-refractivity contribution in [2.24, 2.45) is 0 Å². The zero-order valence-corrected chi connectivity index (χ0v) is 8.76. The van der Waals surface area contributed by atoms with Crippen LogP contribution in [0.5, 0.6) is 0 Å². The van der Waals surface area contributed by atoms with Gasteiger partial charge in [0.1, 0.15) is 0 Å². The minimum absolute atomic E-state index is 0.577. The van der Waals surface area contributed by atoms with Crippen LogP contribution in [0.3, 0.4) is 0 Å². The van der Waals surface area contributed by atoms with Gasteiger partial charge in [-0.05, 0) is 30.7 Å². The third-order valence-electron chi connectivity index (χ3n) is 3.52. The van der Waals surface area contributed by atoms with Crippen LogP contribution in [0, 0.1) is 0 Å². The Morgan fingerprint density at radius 2 is 2.20 bits per heavy atom. The summed E-state index contributed by atoms with van der Waals surface area (Å²) in [6.07, 6.45) is 9.07. The largest absolute Gasteiger partial charge is 0.344 e. The number of rotatable bonds is 1. The fourth-order valence-corrected chi connectivity index (χ4v) is 2.86. The molecule has 0 saturated heterocycles. The minimum Gasteiger partial charge on any atom is -0.344 e. The van der Waals surface area contributed by atoms with Gasteiger partial charge in [0.15, 0.2) is 0 Å². The van der Waals surface area contributed by atoms with Crippen molar-refractivity contribution < 1.29 is 0 Å². The molecule has 1 heterocycles. The predicted molar refractivity (Wildman–Crippen MR) is 64.0 cm³/mol. The fraction of sp³-hybridized carbons (Fsp3) is 0.286. The molecule has 1 aliphatic carbocycles. The number of anilines is 1. The molecule has 0 amide bonds. The summed E-state index contributed by atoms with van der Waals surface area (Å²) in [6.45, 7) is 3.93. The maximum Gasteiger partial charge on any atom is 0.0448 e. The highest BCUT2D eigenvalue weighted by Gasteiger charge is 2.36. The number of fused-ring (bicyclic) bond motifs is 3. The Bertz CT molecular complexity index is 419. The molecule has 0 saturated carbocycles. The Morgan fingerprint density at radius 1 is 1.33 bits per heavy atom. The lowest BCUT2D eigenvalue weighted by atomic mass is 9.88. The van der Waals surface area contributed by atoms with E-state index < -0.39 is 0 Å². The van der Waals surface area contributed by atoms with Gasteiger partial charge in [-0.2, -0.15) is 0 Å². The van der Waals surface area contributed by atoms with Crippen LogP contribution in [0.1, 0.15) is 24.3 Å². The van der Waals surface area contributed by atoms with E-state index in [-0.39, 0.29) is 0 Å². The van der Waals surface area contributed by atoms with Crippen LogP contribution in [0.15, 0.2) is 49.2 Å². The number of hydrogen-bond donors (Lipinski definition) is 0. The Hall–Kier alpha value is -1.50. The van der Waals surface area contributed by atoms with Crippen LogP contribution >= 0.6 is 0 Å². The normalized spacial score (nSPS) is 27.3. The molecule has 0 aromatic heterocycles. The van der Waals surface area contributed by atoms with Gasteiger partial charge in [0.25, 0.3) is 0 Å². The molecule has 15 heavy (non-hydrogen) atoms. The van der Waals surface area contributed by atoms with E-state index in [0.29, 0.717) is 12.0 Å². The number of allylic oxidation sites excluding steroid dienone is 1. The third-order valence-corrected chi connectivity index (χ3v) is 3.52. The maximum absolute atomic E-state index is 3.93. The average molecular weight is 197 g/mol. The zero-order valence-electron chi connectivity index (χ0n) is 8.76. The van der Waals surface area contributed by atoms with Crippen LogP contribution in [0.4, 0.5) is 5.69 Å². The molecule has 2 aliphatic rings. The maximum atomic E-state index is 3.93. The summed E-state index contributed by atoms with van der Waals surface area (Å²) in [4.78, 5) is 2.34. The summed E-state index contributed by atoms with van der Waals surface area (Å²) in [5.74, 6) is 0.577. The first-order chi connectivity index (χ1) is 7.42. The highest BCUT2D eigenvalue weighted by atomic mass is 15.2. The van der Waals surface area contributed by atoms with E-state index in [1.165, 1.54) is 24.1 Å². The molecule has 1 aromatic rings. The van der Waals surface area contributed by atoms with Crippen molar-refractivity contribution in [1.29, 1.82) is 0 Å². The molecule has 0 spiro atoms. The van der Waals surface area contributed by atoms with Gasteiger partial charge in [-0.25, -0.2) is 0 Å². The van der Waals surface area contributed by atoms with E-state index in [0.717, 1.165) is 0 Å². The number of para-hydroxylation sites is 1. The molecule has 1 heteroatoms. The van der Waals surface area contributed by atoms with E-state index in [2.05, 4.69) is 47.9 Å². The van der Waals surface area contributed by atoms with Gasteiger partial charge >= 0.3 is 0 Å². The van der Waals surface area contributed by atoms with Crippen molar-refractivity contribution in [2.75, 3.05) is 4.90 Å². The van der Waals surface area contributed by atoms with E-state index in [9.17, 15) is 0 Å². The van der Waals surface area contributed by atoms with Gasteiger partial charge in [-0.3, -0.25) is 0 Å². The van der Waals surface area contributed by atoms with Gasteiger partial charge in [-0.15, -0.1) is 0 Å². The van der Waals surface area contributed by atoms with E-state index in [4.69, 9.17) is 0 Å². The summed E-state index contributed by atoms with van der Waals surface area (Å²) < 4.78 is 0. The van der Waals surface area contributed by atoms with Crippen molar-refractivity contribution in [3.63, 3.8) is 0 Å². The van der Waals surface area contributed by atoms with Crippen molar-refractivity contribution in [1.82, 2.24) is 0 Å². The average Bonchev–Trinajstić information content (AvgIpc) is 2.63. The second-order valence-corrected chi connectivity index (χ2v) is 4.25. The summed E-state index contributed by atoms with van der Waals surface area (Å²) in [6, 6.07) is 9.28. The zero-order chi connectivity index (χ0) is 10.3. The van der Waals surface area contributed by atoms with Gasteiger partial charge in [-0.1, -0.05) is 36.9 Å². The fourth-order valence-electron chi connectivity index (χ4n) is 2.86. The molecule has 3 rings (SSSR count). The second kappa shape index (κ2) is 3.27. The first-order valence-electron chi connectivity index (χ1n) is 5.58. The minimum atomic E-state index is 0.577. The second-order valence-electron chi connectivity index (χ2n) is 4.25. The van der Waals surface area contributed by atoms with Crippen LogP contribution in [0.25, 0.3) is 0 Å². The molecule has 2 atom stereocenters. The summed E-state index contributed by atoms with van der Waals surface area (Å²) in [5, 5.41) is 0. The van der Waals surface area contributed by atoms with Crippen LogP contribution in [0.2, 0.25) is 0 Å². The number of nitrogens with zero attached hydrogens (tertiary/aromatic N) is 1. The molecular weight excluding hydrogens is 182 g/mol. The smallest absolute Gasteiger partial charge is 0.0448 e. The number of benzene rings is 1. The molecule has 2 unspecified atom stereocenters. The molecular formula is C14H15N. The van der Waals surface area contributed by atoms with Crippen molar-refractivity contribution in [2.45, 2.75) is 24.8 Å². The Labute approximate surface area is 90.7 Å². The van der Waals surface area contributed by atoms with E-state index in [1.807, 2.05) is 6.20 Å². The lowest BCUT2D eigenvalue weighted by Gasteiger charge is -2.28. The van der Waals surface area contributed by atoms with E-state index in [1.54, 1.807) is 0 Å². The van der Waals surface area contributed by atoms with Crippen molar-refractivity contribution in [3.05, 3.63) is 54.8 Å². The lowest BCUT2D eigenvalue weighted by Crippen LogP contribution is -2.30. The Morgan fingerprint density at radius 3 is 3.07 bits per heavy atom. The molecule has 0 fully saturated rings. The predicted octanol–water partition coefficient (Wildman–Crippen LogP) is 3.45. The standard InChI is InChI=1S/C14H15N/c1-2-15-13-9-5-3-7-11(13)12-8-4-6-10-14(12)15/h2-5,7-9,12,14H,1,6,10H2. The monoisotopic (exact) mass is 197 g/mol. The van der Waals surface area contributed by atoms with E-state index >= 15 is 0 Å². The molecule has 1 nitrogen and oxygen atoms in total. The van der Waals surface area contributed by atoms with Gasteiger partial charge in [0.05, 0.1) is 0 Å². The highest BCUT2D eigenvalue weighted by Crippen LogP contribution is 2.45.